The molecule has 0 saturated carbocycles. The van der Waals surface area contributed by atoms with Gasteiger partial charge >= 0.3 is 6.18 Å². The number of ketones is 1. The van der Waals surface area contributed by atoms with Gasteiger partial charge in [-0.2, -0.15) is 13.2 Å². The maximum Gasteiger partial charge on any atom is 0.416 e. The second-order valence-corrected chi connectivity index (χ2v) is 9.52. The molecule has 0 bridgehead atoms. The molecule has 0 saturated heterocycles. The molecule has 4 aromatic rings. The molecule has 8 nitrogen and oxygen atoms in total. The lowest BCUT2D eigenvalue weighted by Gasteiger charge is -2.15. The van der Waals surface area contributed by atoms with Crippen LogP contribution in [0.3, 0.4) is 0 Å². The monoisotopic (exact) mass is 524 g/mol. The van der Waals surface area contributed by atoms with Crippen LogP contribution in [0.1, 0.15) is 27.2 Å². The first-order chi connectivity index (χ1) is 16.4. The molecule has 0 aliphatic carbocycles. The predicted octanol–water partition coefficient (Wildman–Crippen LogP) is 4.98. The highest BCUT2D eigenvalue weighted by Gasteiger charge is 2.34. The van der Waals surface area contributed by atoms with Crippen molar-refractivity contribution in [3.63, 3.8) is 0 Å². The maximum absolute atomic E-state index is 13.5. The molecule has 0 spiro atoms. The number of aryl methyl sites for hydroxylation is 1. The molecule has 3 heterocycles. The fourth-order valence-corrected chi connectivity index (χ4v) is 4.71. The third kappa shape index (κ3) is 4.66. The molecule has 0 atom stereocenters. The molecule has 0 amide bonds. The summed E-state index contributed by atoms with van der Waals surface area (Å²) in [6.07, 6.45) is -0.740. The number of carbonyl (C=O) groups is 1. The van der Waals surface area contributed by atoms with E-state index in [2.05, 4.69) is 19.7 Å². The minimum absolute atomic E-state index is 0.00683. The number of sulfonamides is 1. The zero-order valence-electron chi connectivity index (χ0n) is 18.1. The summed E-state index contributed by atoms with van der Waals surface area (Å²) in [6.45, 7) is 1.22. The molecule has 0 aliphatic rings. The molecule has 0 unspecified atom stereocenters. The van der Waals surface area contributed by atoms with E-state index in [1.54, 1.807) is 12.3 Å². The van der Waals surface area contributed by atoms with E-state index in [1.165, 1.54) is 20.2 Å². The van der Waals surface area contributed by atoms with Crippen molar-refractivity contribution in [1.82, 2.24) is 15.0 Å². The van der Waals surface area contributed by atoms with Gasteiger partial charge in [-0.25, -0.2) is 18.4 Å². The summed E-state index contributed by atoms with van der Waals surface area (Å²) in [5, 5.41) is 0.390. The molecule has 0 fully saturated rings. The van der Waals surface area contributed by atoms with Gasteiger partial charge in [0, 0.05) is 17.8 Å². The summed E-state index contributed by atoms with van der Waals surface area (Å²) in [6, 6.07) is 5.32. The summed E-state index contributed by atoms with van der Waals surface area (Å²) in [4.78, 5) is 23.9. The van der Waals surface area contributed by atoms with E-state index in [4.69, 9.17) is 16.3 Å². The number of H-pyrrole nitrogens is 1. The van der Waals surface area contributed by atoms with Gasteiger partial charge in [0.2, 0.25) is 5.78 Å². The number of benzene rings is 1. The highest BCUT2D eigenvalue weighted by molar-refractivity contribution is 7.92. The third-order valence-corrected chi connectivity index (χ3v) is 6.71. The summed E-state index contributed by atoms with van der Waals surface area (Å²) < 4.78 is 73.4. The summed E-state index contributed by atoms with van der Waals surface area (Å²) >= 11 is 5.99. The first-order valence-electron chi connectivity index (χ1n) is 9.83. The molecule has 2 N–H and O–H groups in total. The molecular weight excluding hydrogens is 509 g/mol. The number of methoxy groups -OCH3 is 1. The quantitative estimate of drug-likeness (QED) is 0.344. The van der Waals surface area contributed by atoms with E-state index in [1.807, 2.05) is 0 Å². The van der Waals surface area contributed by atoms with Gasteiger partial charge in [-0.05, 0) is 36.8 Å². The van der Waals surface area contributed by atoms with Gasteiger partial charge in [0.1, 0.15) is 17.1 Å². The molecule has 0 aliphatic heterocycles. The van der Waals surface area contributed by atoms with Gasteiger partial charge in [-0.1, -0.05) is 17.7 Å². The normalized spacial score (nSPS) is 12.1. The smallest absolute Gasteiger partial charge is 0.416 e. The van der Waals surface area contributed by atoms with Gasteiger partial charge in [0.15, 0.2) is 0 Å². The largest absolute Gasteiger partial charge is 0.494 e. The van der Waals surface area contributed by atoms with Crippen LogP contribution in [0.4, 0.5) is 18.9 Å². The Morgan fingerprint density at radius 1 is 1.14 bits per heavy atom. The summed E-state index contributed by atoms with van der Waals surface area (Å²) in [5.41, 5.74) is -1.46. The number of hydrogen-bond acceptors (Lipinski definition) is 6. The fourth-order valence-electron chi connectivity index (χ4n) is 3.47. The van der Waals surface area contributed by atoms with Gasteiger partial charge < -0.3 is 9.72 Å². The van der Waals surface area contributed by atoms with Crippen LogP contribution >= 0.6 is 11.6 Å². The number of anilines is 1. The maximum atomic E-state index is 13.5. The van der Waals surface area contributed by atoms with Crippen LogP contribution in [0.5, 0.6) is 5.75 Å². The Kier molecular flexibility index (Phi) is 6.20. The number of aromatic amines is 1. The minimum atomic E-state index is -4.76. The lowest BCUT2D eigenvalue weighted by atomic mass is 10.0. The van der Waals surface area contributed by atoms with Crippen LogP contribution in [-0.2, 0) is 16.2 Å². The van der Waals surface area contributed by atoms with Gasteiger partial charge in [0.05, 0.1) is 40.0 Å². The molecule has 3 aromatic heterocycles. The highest BCUT2D eigenvalue weighted by Crippen LogP contribution is 2.35. The SMILES string of the molecule is COc1cnc2[nH]ccc2c1C(=O)c1ncc(Cl)cc1NS(=O)(=O)c1ccc(C)c(C(F)(F)F)c1. The Hall–Kier alpha value is -3.64. The zero-order valence-corrected chi connectivity index (χ0v) is 19.6. The lowest BCUT2D eigenvalue weighted by Crippen LogP contribution is -2.18. The van der Waals surface area contributed by atoms with E-state index in [-0.39, 0.29) is 33.3 Å². The standard InChI is InChI=1S/C22H16ClF3N4O4S/c1-11-3-4-13(8-15(11)22(24,25)26)35(32,33)30-16-7-12(23)9-28-19(16)20(31)18-14-5-6-27-21(14)29-10-17(18)34-2/h3-10,30H,1-2H3,(H,27,29). The molecule has 1 aromatic carbocycles. The molecule has 182 valence electrons. The van der Waals surface area contributed by atoms with Crippen LogP contribution in [0.2, 0.25) is 5.02 Å². The van der Waals surface area contributed by atoms with Crippen molar-refractivity contribution >= 4 is 44.1 Å². The topological polar surface area (TPSA) is 114 Å². The van der Waals surface area contributed by atoms with E-state index in [0.717, 1.165) is 24.4 Å². The van der Waals surface area contributed by atoms with Gasteiger partial charge in [-0.15, -0.1) is 0 Å². The number of ether oxygens (including phenoxy) is 1. The number of rotatable bonds is 6. The van der Waals surface area contributed by atoms with Crippen molar-refractivity contribution in [2.75, 3.05) is 11.8 Å². The number of carbonyl (C=O) groups excluding carboxylic acids is 1. The van der Waals surface area contributed by atoms with Crippen LogP contribution in [0.15, 0.2) is 53.8 Å². The predicted molar refractivity (Wildman–Crippen MR) is 122 cm³/mol. The number of hydrogen-bond donors (Lipinski definition) is 2. The minimum Gasteiger partial charge on any atom is -0.494 e. The summed E-state index contributed by atoms with van der Waals surface area (Å²) in [7, 11) is -3.23. The second-order valence-electron chi connectivity index (χ2n) is 7.40. The van der Waals surface area contributed by atoms with Crippen molar-refractivity contribution in [1.29, 1.82) is 0 Å². The second kappa shape index (κ2) is 8.86. The van der Waals surface area contributed by atoms with Crippen molar-refractivity contribution in [2.45, 2.75) is 18.0 Å². The summed E-state index contributed by atoms with van der Waals surface area (Å²) in [5.74, 6) is -0.607. The van der Waals surface area contributed by atoms with Crippen molar-refractivity contribution in [3.05, 3.63) is 76.3 Å². The number of fused-ring (bicyclic) bond motifs is 1. The average molecular weight is 525 g/mol. The van der Waals surface area contributed by atoms with Crippen LogP contribution in [0, 0.1) is 6.92 Å². The number of nitrogens with one attached hydrogen (secondary N) is 2. The third-order valence-electron chi connectivity index (χ3n) is 5.14. The zero-order chi connectivity index (χ0) is 25.5. The first-order valence-corrected chi connectivity index (χ1v) is 11.7. The van der Waals surface area contributed by atoms with E-state index in [9.17, 15) is 26.4 Å². The lowest BCUT2D eigenvalue weighted by molar-refractivity contribution is -0.138. The number of halogens is 4. The van der Waals surface area contributed by atoms with Crippen LogP contribution in [-0.4, -0.2) is 36.3 Å². The molecule has 35 heavy (non-hydrogen) atoms. The Bertz CT molecular complexity index is 1570. The molecule has 4 rings (SSSR count). The Balaban J connectivity index is 1.81. The Labute approximate surface area is 202 Å². The number of aromatic nitrogens is 3. The molecular formula is C22H16ClF3N4O4S. The first kappa shape index (κ1) is 24.5. The van der Waals surface area contributed by atoms with Crippen molar-refractivity contribution < 1.29 is 31.1 Å². The van der Waals surface area contributed by atoms with Crippen LogP contribution in [0.25, 0.3) is 11.0 Å². The number of nitrogens with zero attached hydrogens (tertiary/aromatic N) is 2. The fraction of sp³-hybridized carbons (Fsp3) is 0.136. The molecule has 0 radical (unpaired) electrons. The van der Waals surface area contributed by atoms with Gasteiger partial charge in [-0.3, -0.25) is 9.52 Å². The number of alkyl halides is 3. The van der Waals surface area contributed by atoms with E-state index in [0.29, 0.717) is 17.1 Å². The van der Waals surface area contributed by atoms with Crippen LogP contribution < -0.4 is 9.46 Å². The Morgan fingerprint density at radius 3 is 2.57 bits per heavy atom. The average Bonchev–Trinajstić information content (AvgIpc) is 3.26. The van der Waals surface area contributed by atoms with Crippen molar-refractivity contribution in [2.24, 2.45) is 0 Å². The van der Waals surface area contributed by atoms with Gasteiger partial charge in [0.25, 0.3) is 10.0 Å². The highest BCUT2D eigenvalue weighted by atomic mass is 35.5. The van der Waals surface area contributed by atoms with E-state index < -0.39 is 32.4 Å². The molecule has 13 heteroatoms. The Morgan fingerprint density at radius 2 is 1.89 bits per heavy atom. The van der Waals surface area contributed by atoms with Crippen molar-refractivity contribution in [3.8, 4) is 5.75 Å². The number of pyridine rings is 2. The van der Waals surface area contributed by atoms with E-state index >= 15 is 0 Å².